The molecule has 1 N–H and O–H groups in total. The maximum absolute atomic E-state index is 11.7. The highest BCUT2D eigenvalue weighted by Crippen LogP contribution is 2.38. The van der Waals surface area contributed by atoms with E-state index in [2.05, 4.69) is 0 Å². The average Bonchev–Trinajstić information content (AvgIpc) is 2.99. The van der Waals surface area contributed by atoms with Gasteiger partial charge in [0.25, 0.3) is 0 Å². The van der Waals surface area contributed by atoms with Gasteiger partial charge in [-0.15, -0.1) is 0 Å². The maximum atomic E-state index is 11.7. The molecule has 1 saturated heterocycles. The molecule has 1 aliphatic heterocycles. The minimum Gasteiger partial charge on any atom is -0.479 e. The van der Waals surface area contributed by atoms with Crippen LogP contribution in [-0.2, 0) is 19.4 Å². The first-order valence-corrected chi connectivity index (χ1v) is 7.84. The highest BCUT2D eigenvalue weighted by Gasteiger charge is 2.54. The van der Waals surface area contributed by atoms with Gasteiger partial charge in [-0.3, -0.25) is 4.79 Å². The van der Waals surface area contributed by atoms with E-state index in [0.717, 1.165) is 12.8 Å². The summed E-state index contributed by atoms with van der Waals surface area (Å²) in [6, 6.07) is -0.105. The number of carbonyl (C=O) groups is 2. The van der Waals surface area contributed by atoms with Gasteiger partial charge in [0.1, 0.15) is 0 Å². The first kappa shape index (κ1) is 13.3. The Balaban J connectivity index is 2.42. The number of hydrogen-bond acceptors (Lipinski definition) is 4. The van der Waals surface area contributed by atoms with Gasteiger partial charge in [-0.05, 0) is 25.7 Å². The number of nitrogens with zero attached hydrogens (tertiary/aromatic N) is 1. The van der Waals surface area contributed by atoms with Crippen molar-refractivity contribution in [2.24, 2.45) is 0 Å². The standard InChI is InChI=1S/C11H17NO5S/c1-8(13)12(9-3-4-9)11(10(14)15)5-2-6-18(16,17)7-11/h9H,2-7H2,1H3,(H,14,15). The summed E-state index contributed by atoms with van der Waals surface area (Å²) in [5.74, 6) is -1.99. The van der Waals surface area contributed by atoms with Crippen molar-refractivity contribution in [2.45, 2.75) is 44.2 Å². The molecule has 0 radical (unpaired) electrons. The molecule has 0 aromatic carbocycles. The third-order valence-electron chi connectivity index (χ3n) is 3.61. The molecule has 18 heavy (non-hydrogen) atoms. The molecule has 0 bridgehead atoms. The molecule has 0 spiro atoms. The Morgan fingerprint density at radius 2 is 1.94 bits per heavy atom. The van der Waals surface area contributed by atoms with Crippen LogP contribution in [0.25, 0.3) is 0 Å². The van der Waals surface area contributed by atoms with Gasteiger partial charge in [0.15, 0.2) is 15.4 Å². The van der Waals surface area contributed by atoms with Crippen LogP contribution in [0, 0.1) is 0 Å². The van der Waals surface area contributed by atoms with Crippen LogP contribution in [0.15, 0.2) is 0 Å². The van der Waals surface area contributed by atoms with Crippen LogP contribution in [0.5, 0.6) is 0 Å². The number of sulfone groups is 1. The minimum absolute atomic E-state index is 0.0123. The second-order valence-corrected chi connectivity index (χ2v) is 7.34. The van der Waals surface area contributed by atoms with E-state index in [1.165, 1.54) is 11.8 Å². The van der Waals surface area contributed by atoms with Crippen LogP contribution in [0.4, 0.5) is 0 Å². The maximum Gasteiger partial charge on any atom is 0.330 e. The van der Waals surface area contributed by atoms with Crippen LogP contribution >= 0.6 is 0 Å². The summed E-state index contributed by atoms with van der Waals surface area (Å²) >= 11 is 0. The lowest BCUT2D eigenvalue weighted by Crippen LogP contribution is -2.63. The Morgan fingerprint density at radius 3 is 2.33 bits per heavy atom. The van der Waals surface area contributed by atoms with Gasteiger partial charge < -0.3 is 10.0 Å². The number of carboxylic acid groups (broad SMARTS) is 1. The predicted octanol–water partition coefficient (Wildman–Crippen LogP) is 0.0293. The Hall–Kier alpha value is -1.11. The van der Waals surface area contributed by atoms with Crippen LogP contribution in [0.3, 0.4) is 0 Å². The van der Waals surface area contributed by atoms with Crippen molar-refractivity contribution in [3.8, 4) is 0 Å². The smallest absolute Gasteiger partial charge is 0.330 e. The van der Waals surface area contributed by atoms with Crippen molar-refractivity contribution in [1.82, 2.24) is 4.90 Å². The van der Waals surface area contributed by atoms with Crippen molar-refractivity contribution in [3.63, 3.8) is 0 Å². The van der Waals surface area contributed by atoms with Crippen LogP contribution in [0.1, 0.15) is 32.6 Å². The Kier molecular flexibility index (Phi) is 3.12. The van der Waals surface area contributed by atoms with E-state index in [1.807, 2.05) is 0 Å². The number of carbonyl (C=O) groups excluding carboxylic acids is 1. The normalized spacial score (nSPS) is 30.7. The van der Waals surface area contributed by atoms with Crippen LogP contribution < -0.4 is 0 Å². The van der Waals surface area contributed by atoms with Gasteiger partial charge >= 0.3 is 5.97 Å². The molecular weight excluding hydrogens is 258 g/mol. The summed E-state index contributed by atoms with van der Waals surface area (Å²) in [6.07, 6.45) is 2.03. The van der Waals surface area contributed by atoms with Gasteiger partial charge in [0, 0.05) is 13.0 Å². The predicted molar refractivity (Wildman–Crippen MR) is 63.8 cm³/mol. The zero-order valence-electron chi connectivity index (χ0n) is 10.3. The van der Waals surface area contributed by atoms with Gasteiger partial charge in [0.2, 0.25) is 5.91 Å². The lowest BCUT2D eigenvalue weighted by molar-refractivity contribution is -0.158. The van der Waals surface area contributed by atoms with Gasteiger partial charge in [0.05, 0.1) is 11.5 Å². The first-order chi connectivity index (χ1) is 8.28. The second-order valence-electron chi connectivity index (χ2n) is 5.15. The molecule has 1 atom stereocenters. The van der Waals surface area contributed by atoms with Gasteiger partial charge in [-0.2, -0.15) is 0 Å². The molecule has 2 aliphatic rings. The fourth-order valence-corrected chi connectivity index (χ4v) is 4.66. The number of aliphatic carboxylic acids is 1. The minimum atomic E-state index is -3.39. The molecule has 1 heterocycles. The highest BCUT2D eigenvalue weighted by atomic mass is 32.2. The molecule has 1 amide bonds. The fraction of sp³-hybridized carbons (Fsp3) is 0.818. The van der Waals surface area contributed by atoms with Crippen molar-refractivity contribution < 1.29 is 23.1 Å². The Morgan fingerprint density at radius 1 is 1.33 bits per heavy atom. The van der Waals surface area contributed by atoms with Crippen LogP contribution in [0.2, 0.25) is 0 Å². The average molecular weight is 275 g/mol. The molecule has 6 nitrogen and oxygen atoms in total. The highest BCUT2D eigenvalue weighted by molar-refractivity contribution is 7.91. The zero-order valence-corrected chi connectivity index (χ0v) is 11.1. The molecular formula is C11H17NO5S. The van der Waals surface area contributed by atoms with Crippen molar-refractivity contribution in [2.75, 3.05) is 11.5 Å². The molecule has 0 aromatic rings. The molecule has 1 aliphatic carbocycles. The molecule has 7 heteroatoms. The number of carboxylic acids is 1. The van der Waals surface area contributed by atoms with Crippen molar-refractivity contribution >= 4 is 21.7 Å². The summed E-state index contributed by atoms with van der Waals surface area (Å²) in [5, 5.41) is 9.46. The molecule has 2 fully saturated rings. The van der Waals surface area contributed by atoms with E-state index in [0.29, 0.717) is 6.42 Å². The lowest BCUT2D eigenvalue weighted by atomic mass is 9.92. The summed E-state index contributed by atoms with van der Waals surface area (Å²) in [4.78, 5) is 24.6. The zero-order chi connectivity index (χ0) is 13.6. The number of amides is 1. The summed E-state index contributed by atoms with van der Waals surface area (Å²) in [5.41, 5.74) is -1.55. The SMILES string of the molecule is CC(=O)N(C1CC1)C1(C(=O)O)CCCS(=O)(=O)C1. The monoisotopic (exact) mass is 275 g/mol. The summed E-state index contributed by atoms with van der Waals surface area (Å²) in [7, 11) is -3.39. The molecule has 1 saturated carbocycles. The molecule has 0 aromatic heterocycles. The summed E-state index contributed by atoms with van der Waals surface area (Å²) < 4.78 is 23.5. The second kappa shape index (κ2) is 4.22. The molecule has 102 valence electrons. The molecule has 1 unspecified atom stereocenters. The van der Waals surface area contributed by atoms with E-state index in [-0.39, 0.29) is 24.1 Å². The van der Waals surface area contributed by atoms with E-state index < -0.39 is 27.1 Å². The van der Waals surface area contributed by atoms with E-state index >= 15 is 0 Å². The van der Waals surface area contributed by atoms with Crippen molar-refractivity contribution in [1.29, 1.82) is 0 Å². The van der Waals surface area contributed by atoms with Gasteiger partial charge in [-0.1, -0.05) is 0 Å². The topological polar surface area (TPSA) is 91.8 Å². The molecule has 2 rings (SSSR count). The third kappa shape index (κ3) is 2.23. The summed E-state index contributed by atoms with van der Waals surface area (Å²) in [6.45, 7) is 1.31. The Labute approximate surface area is 106 Å². The van der Waals surface area contributed by atoms with Crippen LogP contribution in [-0.4, -0.2) is 53.4 Å². The third-order valence-corrected chi connectivity index (χ3v) is 5.44. The largest absolute Gasteiger partial charge is 0.479 e. The lowest BCUT2D eigenvalue weighted by Gasteiger charge is -2.42. The number of rotatable bonds is 3. The van der Waals surface area contributed by atoms with Crippen molar-refractivity contribution in [3.05, 3.63) is 0 Å². The van der Waals surface area contributed by atoms with E-state index in [4.69, 9.17) is 0 Å². The first-order valence-electron chi connectivity index (χ1n) is 6.02. The Bertz CT molecular complexity index is 482. The van der Waals surface area contributed by atoms with E-state index in [1.54, 1.807) is 0 Å². The quantitative estimate of drug-likeness (QED) is 0.784. The van der Waals surface area contributed by atoms with Gasteiger partial charge in [-0.25, -0.2) is 13.2 Å². The fourth-order valence-electron chi connectivity index (χ4n) is 2.80. The number of hydrogen-bond donors (Lipinski definition) is 1. The van der Waals surface area contributed by atoms with E-state index in [9.17, 15) is 23.1 Å².